The highest BCUT2D eigenvalue weighted by Crippen LogP contribution is 2.33. The molecule has 2 heterocycles. The van der Waals surface area contributed by atoms with E-state index in [0.717, 1.165) is 19.4 Å². The fourth-order valence-electron chi connectivity index (χ4n) is 3.88. The molecule has 5 nitrogen and oxygen atoms in total. The lowest BCUT2D eigenvalue weighted by atomic mass is 9.82. The number of hydrogen-bond donors (Lipinski definition) is 1. The maximum atomic E-state index is 11.8. The van der Waals surface area contributed by atoms with Gasteiger partial charge < -0.3 is 5.32 Å². The number of pyridine rings is 1. The van der Waals surface area contributed by atoms with Gasteiger partial charge in [-0.3, -0.25) is 4.98 Å². The molecule has 0 unspecified atom stereocenters. The second-order valence-corrected chi connectivity index (χ2v) is 8.88. The molecular formula is C17H27N3O2S. The molecule has 0 spiro atoms. The molecule has 1 N–H and O–H groups in total. The lowest BCUT2D eigenvalue weighted by molar-refractivity contribution is 0.324. The van der Waals surface area contributed by atoms with Crippen LogP contribution < -0.4 is 5.32 Å². The van der Waals surface area contributed by atoms with Gasteiger partial charge >= 0.3 is 0 Å². The third-order valence-electron chi connectivity index (χ3n) is 5.11. The van der Waals surface area contributed by atoms with Crippen LogP contribution in [-0.4, -0.2) is 49.1 Å². The lowest BCUT2D eigenvalue weighted by Gasteiger charge is -2.30. The predicted molar refractivity (Wildman–Crippen MR) is 92.0 cm³/mol. The summed E-state index contributed by atoms with van der Waals surface area (Å²) in [6.07, 6.45) is 7.35. The van der Waals surface area contributed by atoms with E-state index in [2.05, 4.69) is 23.3 Å². The molecular weight excluding hydrogens is 310 g/mol. The molecule has 1 aliphatic carbocycles. The van der Waals surface area contributed by atoms with Crippen molar-refractivity contribution in [3.05, 3.63) is 29.6 Å². The highest BCUT2D eigenvalue weighted by Gasteiger charge is 2.28. The van der Waals surface area contributed by atoms with Crippen LogP contribution in [0.5, 0.6) is 0 Å². The molecule has 1 saturated carbocycles. The van der Waals surface area contributed by atoms with Gasteiger partial charge in [-0.25, -0.2) is 12.7 Å². The van der Waals surface area contributed by atoms with E-state index in [-0.39, 0.29) is 0 Å². The summed E-state index contributed by atoms with van der Waals surface area (Å²) in [5, 5.41) is 3.57. The van der Waals surface area contributed by atoms with Crippen LogP contribution in [0, 0.1) is 6.92 Å². The first-order chi connectivity index (χ1) is 11.1. The van der Waals surface area contributed by atoms with E-state index in [1.807, 2.05) is 12.3 Å². The SMILES string of the molecule is Cc1cccnc1[C@@H]1CCC[C@@H](NCCN2CCCS2(=O)=O)C1. The van der Waals surface area contributed by atoms with Crippen molar-refractivity contribution in [2.75, 3.05) is 25.4 Å². The van der Waals surface area contributed by atoms with Crippen LogP contribution in [0.3, 0.4) is 0 Å². The van der Waals surface area contributed by atoms with E-state index in [4.69, 9.17) is 0 Å². The molecule has 1 aromatic heterocycles. The zero-order valence-electron chi connectivity index (χ0n) is 13.9. The van der Waals surface area contributed by atoms with E-state index in [0.29, 0.717) is 30.8 Å². The molecule has 0 radical (unpaired) electrons. The molecule has 0 amide bonds. The Morgan fingerprint density at radius 3 is 2.96 bits per heavy atom. The quantitative estimate of drug-likeness (QED) is 0.893. The average molecular weight is 337 g/mol. The molecule has 23 heavy (non-hydrogen) atoms. The van der Waals surface area contributed by atoms with E-state index in [1.165, 1.54) is 30.5 Å². The number of nitrogens with zero attached hydrogens (tertiary/aromatic N) is 2. The second-order valence-electron chi connectivity index (χ2n) is 6.79. The van der Waals surface area contributed by atoms with Gasteiger partial charge in [0.15, 0.2) is 0 Å². The minimum absolute atomic E-state index is 0.317. The van der Waals surface area contributed by atoms with Gasteiger partial charge in [0.2, 0.25) is 10.0 Å². The van der Waals surface area contributed by atoms with Crippen LogP contribution in [-0.2, 0) is 10.0 Å². The largest absolute Gasteiger partial charge is 0.313 e. The Balaban J connectivity index is 1.50. The maximum Gasteiger partial charge on any atom is 0.214 e. The Morgan fingerprint density at radius 2 is 2.22 bits per heavy atom. The van der Waals surface area contributed by atoms with Crippen molar-refractivity contribution < 1.29 is 8.42 Å². The van der Waals surface area contributed by atoms with Gasteiger partial charge in [-0.05, 0) is 44.2 Å². The summed E-state index contributed by atoms with van der Waals surface area (Å²) in [5.74, 6) is 0.843. The van der Waals surface area contributed by atoms with Gasteiger partial charge in [-0.2, -0.15) is 0 Å². The van der Waals surface area contributed by atoms with Gasteiger partial charge in [-0.1, -0.05) is 12.5 Å². The van der Waals surface area contributed by atoms with Crippen molar-refractivity contribution in [1.82, 2.24) is 14.6 Å². The predicted octanol–water partition coefficient (Wildman–Crippen LogP) is 2.04. The summed E-state index contributed by atoms with van der Waals surface area (Å²) >= 11 is 0. The summed E-state index contributed by atoms with van der Waals surface area (Å²) in [4.78, 5) is 4.58. The molecule has 0 bridgehead atoms. The van der Waals surface area contributed by atoms with Crippen LogP contribution in [0.1, 0.15) is 49.3 Å². The average Bonchev–Trinajstić information content (AvgIpc) is 2.87. The fraction of sp³-hybridized carbons (Fsp3) is 0.706. The van der Waals surface area contributed by atoms with Gasteiger partial charge in [0.05, 0.1) is 5.75 Å². The van der Waals surface area contributed by atoms with Gasteiger partial charge in [0, 0.05) is 43.5 Å². The Bertz CT molecular complexity index is 632. The van der Waals surface area contributed by atoms with Crippen molar-refractivity contribution in [1.29, 1.82) is 0 Å². The zero-order chi connectivity index (χ0) is 16.3. The molecule has 128 valence electrons. The summed E-state index contributed by atoms with van der Waals surface area (Å²) in [6.45, 7) is 4.17. The van der Waals surface area contributed by atoms with Crippen molar-refractivity contribution >= 4 is 10.0 Å². The normalized spacial score (nSPS) is 28.0. The first-order valence-electron chi connectivity index (χ1n) is 8.69. The first kappa shape index (κ1) is 16.9. The number of nitrogens with one attached hydrogen (secondary N) is 1. The zero-order valence-corrected chi connectivity index (χ0v) is 14.7. The van der Waals surface area contributed by atoms with Crippen LogP contribution >= 0.6 is 0 Å². The van der Waals surface area contributed by atoms with E-state index in [9.17, 15) is 8.42 Å². The number of hydrogen-bond acceptors (Lipinski definition) is 4. The third-order valence-corrected chi connectivity index (χ3v) is 7.06. The fourth-order valence-corrected chi connectivity index (χ4v) is 5.41. The summed E-state index contributed by atoms with van der Waals surface area (Å²) in [6, 6.07) is 4.60. The van der Waals surface area contributed by atoms with Gasteiger partial charge in [0.25, 0.3) is 0 Å². The summed E-state index contributed by atoms with van der Waals surface area (Å²) in [5.41, 5.74) is 2.52. The highest BCUT2D eigenvalue weighted by atomic mass is 32.2. The van der Waals surface area contributed by atoms with Crippen molar-refractivity contribution in [2.24, 2.45) is 0 Å². The molecule has 1 saturated heterocycles. The van der Waals surface area contributed by atoms with Crippen molar-refractivity contribution in [3.63, 3.8) is 0 Å². The molecule has 2 fully saturated rings. The van der Waals surface area contributed by atoms with E-state index in [1.54, 1.807) is 4.31 Å². The van der Waals surface area contributed by atoms with Crippen molar-refractivity contribution in [2.45, 2.75) is 51.0 Å². The highest BCUT2D eigenvalue weighted by molar-refractivity contribution is 7.89. The minimum atomic E-state index is -2.97. The lowest BCUT2D eigenvalue weighted by Crippen LogP contribution is -2.39. The molecule has 6 heteroatoms. The standard InChI is InChI=1S/C17H27N3O2S/c1-14-5-3-8-19-17(14)15-6-2-7-16(13-15)18-9-11-20-10-4-12-23(20,21)22/h3,5,8,15-16,18H,2,4,6-7,9-13H2,1H3/t15-,16-/m1/s1. The minimum Gasteiger partial charge on any atom is -0.313 e. The molecule has 2 atom stereocenters. The Kier molecular flexibility index (Phi) is 5.34. The number of aromatic nitrogens is 1. The summed E-state index contributed by atoms with van der Waals surface area (Å²) < 4.78 is 25.2. The first-order valence-corrected chi connectivity index (χ1v) is 10.3. The molecule has 0 aromatic carbocycles. The maximum absolute atomic E-state index is 11.8. The number of rotatable bonds is 5. The molecule has 2 aliphatic rings. The topological polar surface area (TPSA) is 62.3 Å². The smallest absolute Gasteiger partial charge is 0.214 e. The molecule has 1 aromatic rings. The van der Waals surface area contributed by atoms with Crippen molar-refractivity contribution in [3.8, 4) is 0 Å². The van der Waals surface area contributed by atoms with E-state index < -0.39 is 10.0 Å². The van der Waals surface area contributed by atoms with Crippen LogP contribution in [0.2, 0.25) is 0 Å². The molecule has 1 aliphatic heterocycles. The Labute approximate surface area is 139 Å². The second kappa shape index (κ2) is 7.28. The number of aryl methyl sites for hydroxylation is 1. The Hall–Kier alpha value is -0.980. The Morgan fingerprint density at radius 1 is 1.35 bits per heavy atom. The van der Waals surface area contributed by atoms with E-state index >= 15 is 0 Å². The van der Waals surface area contributed by atoms with Crippen LogP contribution in [0.4, 0.5) is 0 Å². The monoisotopic (exact) mass is 337 g/mol. The van der Waals surface area contributed by atoms with Crippen LogP contribution in [0.25, 0.3) is 0 Å². The third kappa shape index (κ3) is 4.11. The van der Waals surface area contributed by atoms with Crippen LogP contribution in [0.15, 0.2) is 18.3 Å². The summed E-state index contributed by atoms with van der Waals surface area (Å²) in [7, 11) is -2.97. The number of sulfonamides is 1. The van der Waals surface area contributed by atoms with Gasteiger partial charge in [-0.15, -0.1) is 0 Å². The molecule has 3 rings (SSSR count). The van der Waals surface area contributed by atoms with Gasteiger partial charge in [0.1, 0.15) is 0 Å².